The van der Waals surface area contributed by atoms with Crippen LogP contribution in [0.15, 0.2) is 114 Å². The predicted molar refractivity (Wildman–Crippen MR) is 265 cm³/mol. The van der Waals surface area contributed by atoms with Gasteiger partial charge in [0, 0.05) is 39.2 Å². The van der Waals surface area contributed by atoms with Crippen molar-refractivity contribution >= 4 is 68.4 Å². The molecule has 9 rings (SSSR count). The highest BCUT2D eigenvalue weighted by atomic mass is 16.4. The number of rotatable bonds is 3. The third-order valence-electron chi connectivity index (χ3n) is 13.4. The van der Waals surface area contributed by atoms with Gasteiger partial charge in [0.05, 0.1) is 5.69 Å². The summed E-state index contributed by atoms with van der Waals surface area (Å²) < 4.78 is 7.20. The van der Waals surface area contributed by atoms with Crippen molar-refractivity contribution in [3.05, 3.63) is 148 Å². The van der Waals surface area contributed by atoms with E-state index in [1.807, 2.05) is 0 Å². The molecule has 4 heteroatoms. The number of hydrogen-bond donors (Lipinski definition) is 0. The third kappa shape index (κ3) is 6.73. The second-order valence-electron chi connectivity index (χ2n) is 22.2. The summed E-state index contributed by atoms with van der Waals surface area (Å²) in [4.78, 5) is 5.03. The van der Waals surface area contributed by atoms with E-state index >= 15 is 0 Å². The van der Waals surface area contributed by atoms with Crippen molar-refractivity contribution in [3.63, 3.8) is 0 Å². The van der Waals surface area contributed by atoms with Gasteiger partial charge >= 0.3 is 0 Å². The standard InChI is InChI=1S/C57H63BN2O/c1-34-29-47-52-48(30-34)60(45-26-21-38(55(7,8)9)31-42(45)50-35(2)17-16-18-36(50)3)46-27-22-40(57(13,14)15)33-44(46)58(52)51-43-32-39(56(10,11)12)23-28-49(43)61-53(51)59(47)41-24-19-37(20-25-41)54(4,5)6/h16-33H,1-15H3. The number of furan rings is 1. The van der Waals surface area contributed by atoms with Gasteiger partial charge in [0.25, 0.3) is 6.71 Å². The molecule has 3 heterocycles. The zero-order chi connectivity index (χ0) is 43.7. The van der Waals surface area contributed by atoms with Gasteiger partial charge in [0.2, 0.25) is 5.88 Å². The summed E-state index contributed by atoms with van der Waals surface area (Å²) in [5.74, 6) is 0.907. The number of fused-ring (bicyclic) bond motifs is 6. The molecule has 0 saturated heterocycles. The van der Waals surface area contributed by atoms with Crippen LogP contribution >= 0.6 is 0 Å². The van der Waals surface area contributed by atoms with E-state index in [0.29, 0.717) is 0 Å². The lowest BCUT2D eigenvalue weighted by Crippen LogP contribution is -2.61. The average molecular weight is 803 g/mol. The first-order valence-electron chi connectivity index (χ1n) is 22.3. The molecule has 1 aromatic heterocycles. The molecule has 0 saturated carbocycles. The van der Waals surface area contributed by atoms with Crippen molar-refractivity contribution in [2.75, 3.05) is 9.80 Å². The number of anilines is 6. The Morgan fingerprint density at radius 2 is 0.967 bits per heavy atom. The highest BCUT2D eigenvalue weighted by Gasteiger charge is 2.47. The molecule has 2 aliphatic heterocycles. The van der Waals surface area contributed by atoms with E-state index < -0.39 is 0 Å². The molecule has 0 bridgehead atoms. The van der Waals surface area contributed by atoms with E-state index in [2.05, 4.69) is 223 Å². The van der Waals surface area contributed by atoms with Crippen molar-refractivity contribution in [1.82, 2.24) is 0 Å². The van der Waals surface area contributed by atoms with Gasteiger partial charge in [0.1, 0.15) is 5.58 Å². The van der Waals surface area contributed by atoms with Gasteiger partial charge in [-0.2, -0.15) is 0 Å². The van der Waals surface area contributed by atoms with E-state index in [4.69, 9.17) is 4.42 Å². The van der Waals surface area contributed by atoms with Gasteiger partial charge in [-0.3, -0.25) is 4.90 Å². The molecule has 61 heavy (non-hydrogen) atoms. The van der Waals surface area contributed by atoms with Gasteiger partial charge in [-0.1, -0.05) is 138 Å². The maximum absolute atomic E-state index is 7.20. The van der Waals surface area contributed by atoms with Gasteiger partial charge in [-0.05, 0) is 152 Å². The molecule has 7 aromatic rings. The third-order valence-corrected chi connectivity index (χ3v) is 13.4. The van der Waals surface area contributed by atoms with Crippen LogP contribution in [-0.2, 0) is 21.7 Å². The summed E-state index contributed by atoms with van der Waals surface area (Å²) in [5, 5.41) is 1.19. The first-order chi connectivity index (χ1) is 28.5. The predicted octanol–water partition coefficient (Wildman–Crippen LogP) is 14.3. The summed E-state index contributed by atoms with van der Waals surface area (Å²) in [5.41, 5.74) is 22.2. The summed E-state index contributed by atoms with van der Waals surface area (Å²) in [6.45, 7) is 34.5. The van der Waals surface area contributed by atoms with Crippen molar-refractivity contribution in [3.8, 4) is 11.1 Å². The highest BCUT2D eigenvalue weighted by Crippen LogP contribution is 2.50. The largest absolute Gasteiger partial charge is 0.440 e. The average Bonchev–Trinajstić information content (AvgIpc) is 3.54. The van der Waals surface area contributed by atoms with Crippen LogP contribution in [0.1, 0.15) is 122 Å². The fraction of sp³-hybridized carbons (Fsp3) is 0.333. The maximum Gasteiger partial charge on any atom is 0.257 e. The van der Waals surface area contributed by atoms with Crippen LogP contribution in [0.25, 0.3) is 22.1 Å². The van der Waals surface area contributed by atoms with Gasteiger partial charge < -0.3 is 9.32 Å². The molecule has 0 spiro atoms. The van der Waals surface area contributed by atoms with Crippen LogP contribution in [0.3, 0.4) is 0 Å². The van der Waals surface area contributed by atoms with Gasteiger partial charge in [0.15, 0.2) is 0 Å². The molecule has 3 nitrogen and oxygen atoms in total. The smallest absolute Gasteiger partial charge is 0.257 e. The normalized spacial score (nSPS) is 14.0. The monoisotopic (exact) mass is 803 g/mol. The number of benzene rings is 6. The molecular weight excluding hydrogens is 739 g/mol. The minimum Gasteiger partial charge on any atom is -0.440 e. The number of nitrogens with zero attached hydrogens (tertiary/aromatic N) is 2. The van der Waals surface area contributed by atoms with Crippen LogP contribution < -0.4 is 26.2 Å². The quantitative estimate of drug-likeness (QED) is 0.166. The molecule has 0 N–H and O–H groups in total. The van der Waals surface area contributed by atoms with Crippen LogP contribution in [0, 0.1) is 20.8 Å². The van der Waals surface area contributed by atoms with Crippen molar-refractivity contribution in [1.29, 1.82) is 0 Å². The Kier molecular flexibility index (Phi) is 9.23. The first kappa shape index (κ1) is 40.9. The van der Waals surface area contributed by atoms with Crippen LogP contribution in [0.2, 0.25) is 0 Å². The van der Waals surface area contributed by atoms with Gasteiger partial charge in [-0.15, -0.1) is 0 Å². The van der Waals surface area contributed by atoms with Crippen molar-refractivity contribution in [2.45, 2.75) is 126 Å². The Balaban J connectivity index is 1.43. The molecule has 0 atom stereocenters. The lowest BCUT2D eigenvalue weighted by Gasteiger charge is -2.44. The minimum atomic E-state index is -0.0618. The zero-order valence-corrected chi connectivity index (χ0v) is 39.3. The Hall–Kier alpha value is -5.48. The molecule has 0 radical (unpaired) electrons. The molecule has 6 aromatic carbocycles. The molecule has 0 fully saturated rings. The van der Waals surface area contributed by atoms with Crippen molar-refractivity contribution in [2.24, 2.45) is 0 Å². The lowest BCUT2D eigenvalue weighted by molar-refractivity contribution is 0.589. The molecule has 0 unspecified atom stereocenters. The Morgan fingerprint density at radius 1 is 0.459 bits per heavy atom. The summed E-state index contributed by atoms with van der Waals surface area (Å²) in [7, 11) is 0. The molecule has 0 aliphatic carbocycles. The molecule has 0 amide bonds. The van der Waals surface area contributed by atoms with E-state index in [1.165, 1.54) is 94.6 Å². The lowest BCUT2D eigenvalue weighted by atomic mass is 9.33. The van der Waals surface area contributed by atoms with Crippen LogP contribution in [0.4, 0.5) is 34.3 Å². The molecule has 310 valence electrons. The topological polar surface area (TPSA) is 19.6 Å². The second-order valence-corrected chi connectivity index (χ2v) is 22.2. The van der Waals surface area contributed by atoms with Crippen LogP contribution in [0.5, 0.6) is 0 Å². The first-order valence-corrected chi connectivity index (χ1v) is 22.3. The highest BCUT2D eigenvalue weighted by molar-refractivity contribution is 7.01. The van der Waals surface area contributed by atoms with E-state index in [1.54, 1.807) is 0 Å². The SMILES string of the molecule is Cc1cc2c3c(c1)N(c1ccc(C(C)(C)C)cc1)c1oc4ccc(C(C)(C)C)cc4c1B3c1cc(C(C)(C)C)ccc1N2c1ccc(C(C)(C)C)cc1-c1c(C)cccc1C. The maximum atomic E-state index is 7.20. The summed E-state index contributed by atoms with van der Waals surface area (Å²) in [6, 6.07) is 42.2. The minimum absolute atomic E-state index is 0.0213. The Bertz CT molecular complexity index is 2860. The summed E-state index contributed by atoms with van der Waals surface area (Å²) in [6.07, 6.45) is 0. The fourth-order valence-corrected chi connectivity index (χ4v) is 9.85. The Morgan fingerprint density at radius 3 is 1.56 bits per heavy atom. The van der Waals surface area contributed by atoms with E-state index in [-0.39, 0.29) is 28.4 Å². The Labute approximate surface area is 365 Å². The second kappa shape index (κ2) is 13.8. The molecule has 2 aliphatic rings. The zero-order valence-electron chi connectivity index (χ0n) is 39.3. The summed E-state index contributed by atoms with van der Waals surface area (Å²) >= 11 is 0. The van der Waals surface area contributed by atoms with Crippen LogP contribution in [-0.4, -0.2) is 6.71 Å². The number of hydrogen-bond acceptors (Lipinski definition) is 3. The van der Waals surface area contributed by atoms with Gasteiger partial charge in [-0.25, -0.2) is 0 Å². The van der Waals surface area contributed by atoms with E-state index in [9.17, 15) is 0 Å². The van der Waals surface area contributed by atoms with E-state index in [0.717, 1.165) is 17.2 Å². The van der Waals surface area contributed by atoms with Crippen molar-refractivity contribution < 1.29 is 4.42 Å². The fourth-order valence-electron chi connectivity index (χ4n) is 9.85. The molecular formula is C57H63BN2O. The number of aryl methyl sites for hydroxylation is 3.